The predicted octanol–water partition coefficient (Wildman–Crippen LogP) is 2.74. The first-order chi connectivity index (χ1) is 8.40. The van der Waals surface area contributed by atoms with Gasteiger partial charge in [0.05, 0.1) is 13.2 Å². The Bertz CT molecular complexity index is 470. The van der Waals surface area contributed by atoms with Gasteiger partial charge in [0.1, 0.15) is 5.75 Å². The summed E-state index contributed by atoms with van der Waals surface area (Å²) in [4.78, 5) is 0. The van der Waals surface area contributed by atoms with Gasteiger partial charge in [-0.2, -0.15) is 11.8 Å². The Labute approximate surface area is 106 Å². The molecule has 2 aromatic carbocycles. The lowest BCUT2D eigenvalue weighted by Crippen LogP contribution is -2.01. The molecule has 0 aliphatic rings. The van der Waals surface area contributed by atoms with Crippen LogP contribution in [0.3, 0.4) is 0 Å². The minimum Gasteiger partial charge on any atom is -0.492 e. The highest BCUT2D eigenvalue weighted by Crippen LogP contribution is 2.19. The van der Waals surface area contributed by atoms with Crippen LogP contribution in [-0.4, -0.2) is 29.8 Å². The zero-order valence-corrected chi connectivity index (χ0v) is 10.4. The number of ether oxygens (including phenoxy) is 1. The third-order valence-corrected chi connectivity index (χ3v) is 3.28. The van der Waals surface area contributed by atoms with Gasteiger partial charge >= 0.3 is 0 Å². The highest BCUT2D eigenvalue weighted by molar-refractivity contribution is 7.99. The molecule has 3 heteroatoms. The van der Waals surface area contributed by atoms with Crippen LogP contribution in [0.25, 0.3) is 10.8 Å². The van der Waals surface area contributed by atoms with Crippen molar-refractivity contribution in [3.8, 4) is 5.75 Å². The van der Waals surface area contributed by atoms with Gasteiger partial charge in [0.2, 0.25) is 0 Å². The van der Waals surface area contributed by atoms with E-state index >= 15 is 0 Å². The maximum absolute atomic E-state index is 8.63. The topological polar surface area (TPSA) is 29.5 Å². The van der Waals surface area contributed by atoms with Gasteiger partial charge in [-0.3, -0.25) is 0 Å². The molecule has 0 unspecified atom stereocenters. The van der Waals surface area contributed by atoms with Gasteiger partial charge in [0.15, 0.2) is 0 Å². The molecule has 1 radical (unpaired) electrons. The molecule has 0 aliphatic carbocycles. The molecule has 1 N–H and O–H groups in total. The van der Waals surface area contributed by atoms with Gasteiger partial charge in [-0.25, -0.2) is 0 Å². The van der Waals surface area contributed by atoms with Crippen molar-refractivity contribution in [3.05, 3.63) is 42.5 Å². The molecule has 2 aromatic rings. The van der Waals surface area contributed by atoms with Crippen molar-refractivity contribution in [1.82, 2.24) is 0 Å². The van der Waals surface area contributed by atoms with Crippen molar-refractivity contribution in [2.24, 2.45) is 0 Å². The van der Waals surface area contributed by atoms with Gasteiger partial charge in [0, 0.05) is 17.6 Å². The first-order valence-electron chi connectivity index (χ1n) is 5.62. The van der Waals surface area contributed by atoms with Crippen molar-refractivity contribution in [1.29, 1.82) is 0 Å². The predicted molar refractivity (Wildman–Crippen MR) is 72.7 cm³/mol. The average Bonchev–Trinajstić information content (AvgIpc) is 2.38. The normalized spacial score (nSPS) is 10.6. The van der Waals surface area contributed by atoms with Crippen molar-refractivity contribution < 1.29 is 9.84 Å². The van der Waals surface area contributed by atoms with Gasteiger partial charge < -0.3 is 9.84 Å². The second-order valence-electron chi connectivity index (χ2n) is 3.59. The molecule has 2 rings (SSSR count). The molecule has 0 saturated carbocycles. The van der Waals surface area contributed by atoms with Crippen LogP contribution in [0.15, 0.2) is 36.4 Å². The molecule has 0 aromatic heterocycles. The Hall–Kier alpha value is -1.19. The number of thioether (sulfide) groups is 1. The van der Waals surface area contributed by atoms with Crippen LogP contribution in [0, 0.1) is 6.07 Å². The highest BCUT2D eigenvalue weighted by Gasteiger charge is 1.97. The van der Waals surface area contributed by atoms with E-state index in [-0.39, 0.29) is 6.61 Å². The summed E-state index contributed by atoms with van der Waals surface area (Å²) >= 11 is 1.69. The van der Waals surface area contributed by atoms with Gasteiger partial charge in [-0.15, -0.1) is 0 Å². The fourth-order valence-electron chi connectivity index (χ4n) is 1.56. The molecule has 0 saturated heterocycles. The number of hydrogen-bond donors (Lipinski definition) is 1. The Morgan fingerprint density at radius 3 is 2.88 bits per heavy atom. The monoisotopic (exact) mass is 247 g/mol. The van der Waals surface area contributed by atoms with E-state index in [9.17, 15) is 0 Å². The quantitative estimate of drug-likeness (QED) is 0.796. The minimum absolute atomic E-state index is 0.229. The van der Waals surface area contributed by atoms with Crippen LogP contribution < -0.4 is 4.74 Å². The van der Waals surface area contributed by atoms with Crippen LogP contribution in [0.1, 0.15) is 0 Å². The third kappa shape index (κ3) is 3.65. The fraction of sp³-hybridized carbons (Fsp3) is 0.286. The maximum atomic E-state index is 8.63. The molecular weight excluding hydrogens is 232 g/mol. The lowest BCUT2D eigenvalue weighted by molar-refractivity contribution is 0.321. The largest absolute Gasteiger partial charge is 0.492 e. The van der Waals surface area contributed by atoms with E-state index in [1.165, 1.54) is 5.39 Å². The molecule has 0 fully saturated rings. The van der Waals surface area contributed by atoms with E-state index in [1.54, 1.807) is 11.8 Å². The lowest BCUT2D eigenvalue weighted by atomic mass is 10.1. The number of fused-ring (bicyclic) bond motifs is 1. The zero-order valence-electron chi connectivity index (χ0n) is 9.56. The molecule has 17 heavy (non-hydrogen) atoms. The van der Waals surface area contributed by atoms with E-state index in [4.69, 9.17) is 9.84 Å². The SMILES string of the molecule is OCCSCCOc1[c]c2ccccc2cc1. The number of aliphatic hydroxyl groups excluding tert-OH is 1. The van der Waals surface area contributed by atoms with Crippen molar-refractivity contribution >= 4 is 22.5 Å². The Kier molecular flexibility index (Phi) is 4.71. The standard InChI is InChI=1S/C14H15O2S/c15-7-9-17-10-8-16-14-6-5-12-3-1-2-4-13(12)11-14/h1-6,15H,7-10H2. The fourth-order valence-corrected chi connectivity index (χ4v) is 2.09. The Morgan fingerprint density at radius 2 is 2.00 bits per heavy atom. The van der Waals surface area contributed by atoms with Crippen molar-refractivity contribution in [2.75, 3.05) is 24.7 Å². The number of aliphatic hydroxyl groups is 1. The smallest absolute Gasteiger partial charge is 0.127 e. The van der Waals surface area contributed by atoms with E-state index in [0.717, 1.165) is 22.6 Å². The summed E-state index contributed by atoms with van der Waals surface area (Å²) in [7, 11) is 0. The second kappa shape index (κ2) is 6.52. The third-order valence-electron chi connectivity index (χ3n) is 2.35. The Morgan fingerprint density at radius 1 is 1.12 bits per heavy atom. The van der Waals surface area contributed by atoms with Gasteiger partial charge in [-0.05, 0) is 16.8 Å². The summed E-state index contributed by atoms with van der Waals surface area (Å²) in [6, 6.07) is 15.3. The van der Waals surface area contributed by atoms with Crippen LogP contribution in [0.2, 0.25) is 0 Å². The summed E-state index contributed by atoms with van der Waals surface area (Å²) in [5, 5.41) is 10.9. The van der Waals surface area contributed by atoms with E-state index in [1.807, 2.05) is 30.3 Å². The summed E-state index contributed by atoms with van der Waals surface area (Å²) < 4.78 is 5.60. The molecule has 0 heterocycles. The molecule has 0 amide bonds. The molecule has 0 spiro atoms. The minimum atomic E-state index is 0.229. The number of benzene rings is 2. The van der Waals surface area contributed by atoms with E-state index in [0.29, 0.717) is 6.61 Å². The van der Waals surface area contributed by atoms with Crippen LogP contribution in [0.4, 0.5) is 0 Å². The molecular formula is C14H15O2S. The molecule has 0 bridgehead atoms. The Balaban J connectivity index is 1.90. The van der Waals surface area contributed by atoms with Crippen LogP contribution in [-0.2, 0) is 0 Å². The molecule has 0 atom stereocenters. The average molecular weight is 247 g/mol. The summed E-state index contributed by atoms with van der Waals surface area (Å²) in [6.07, 6.45) is 0. The maximum Gasteiger partial charge on any atom is 0.127 e. The van der Waals surface area contributed by atoms with E-state index in [2.05, 4.69) is 12.1 Å². The molecule has 0 aliphatic heterocycles. The lowest BCUT2D eigenvalue weighted by Gasteiger charge is -2.06. The van der Waals surface area contributed by atoms with Gasteiger partial charge in [-0.1, -0.05) is 30.3 Å². The van der Waals surface area contributed by atoms with Crippen molar-refractivity contribution in [2.45, 2.75) is 0 Å². The van der Waals surface area contributed by atoms with E-state index < -0.39 is 0 Å². The summed E-state index contributed by atoms with van der Waals surface area (Å²) in [6.45, 7) is 0.881. The molecule has 89 valence electrons. The number of rotatable bonds is 6. The van der Waals surface area contributed by atoms with Gasteiger partial charge in [0.25, 0.3) is 0 Å². The van der Waals surface area contributed by atoms with Crippen molar-refractivity contribution in [3.63, 3.8) is 0 Å². The summed E-state index contributed by atoms with van der Waals surface area (Å²) in [5.41, 5.74) is 0. The first-order valence-corrected chi connectivity index (χ1v) is 6.78. The first kappa shape index (κ1) is 12.3. The van der Waals surface area contributed by atoms with Crippen LogP contribution >= 0.6 is 11.8 Å². The van der Waals surface area contributed by atoms with Crippen LogP contribution in [0.5, 0.6) is 5.75 Å². The number of hydrogen-bond acceptors (Lipinski definition) is 3. The highest BCUT2D eigenvalue weighted by atomic mass is 32.2. The second-order valence-corrected chi connectivity index (χ2v) is 4.82. The zero-order chi connectivity index (χ0) is 11.9. The summed E-state index contributed by atoms with van der Waals surface area (Å²) in [5.74, 6) is 2.44. The molecule has 2 nitrogen and oxygen atoms in total.